The van der Waals surface area contributed by atoms with Crippen LogP contribution in [0.15, 0.2) is 60.7 Å². The van der Waals surface area contributed by atoms with Gasteiger partial charge in [-0.25, -0.2) is 12.4 Å². The molecule has 3 nitrogen and oxygen atoms in total. The first-order valence-electron chi connectivity index (χ1n) is 8.39. The minimum Gasteiger partial charge on any atom is -0.241 e. The summed E-state index contributed by atoms with van der Waals surface area (Å²) in [7, 11) is -3.37. The maximum atomic E-state index is 12.5. The van der Waals surface area contributed by atoms with Gasteiger partial charge in [-0.05, 0) is 40.8 Å². The molecule has 0 atom stereocenters. The largest absolute Gasteiger partial charge is 0.241 e. The van der Waals surface area contributed by atoms with Crippen LogP contribution in [-0.2, 0) is 22.9 Å². The Morgan fingerprint density at radius 1 is 0.800 bits per heavy atom. The van der Waals surface area contributed by atoms with E-state index in [-0.39, 0.29) is 0 Å². The molecule has 0 saturated heterocycles. The summed E-state index contributed by atoms with van der Waals surface area (Å²) in [5.41, 5.74) is 5.25. The van der Waals surface area contributed by atoms with Crippen LogP contribution < -0.4 is 0 Å². The van der Waals surface area contributed by atoms with E-state index in [4.69, 9.17) is 0 Å². The molecule has 1 aliphatic carbocycles. The summed E-state index contributed by atoms with van der Waals surface area (Å²) in [5, 5.41) is 3.39. The van der Waals surface area contributed by atoms with Crippen LogP contribution in [0.5, 0.6) is 0 Å². The Bertz CT molecular complexity index is 1270. The fourth-order valence-electron chi connectivity index (χ4n) is 4.22. The van der Waals surface area contributed by atoms with Gasteiger partial charge in [0.15, 0.2) is 0 Å². The van der Waals surface area contributed by atoms with Crippen LogP contribution in [0, 0.1) is 0 Å². The monoisotopic (exact) mass is 347 g/mol. The van der Waals surface area contributed by atoms with E-state index in [1.54, 1.807) is 3.97 Å². The fourth-order valence-corrected chi connectivity index (χ4v) is 5.32. The van der Waals surface area contributed by atoms with E-state index in [1.807, 2.05) is 36.4 Å². The zero-order valence-corrected chi connectivity index (χ0v) is 14.7. The van der Waals surface area contributed by atoms with E-state index >= 15 is 0 Å². The molecule has 3 aromatic carbocycles. The maximum absolute atomic E-state index is 12.5. The number of nitrogens with zero attached hydrogens (tertiary/aromatic N) is 1. The predicted molar refractivity (Wildman–Crippen MR) is 103 cm³/mol. The van der Waals surface area contributed by atoms with Gasteiger partial charge in [0, 0.05) is 16.6 Å². The molecule has 0 N–H and O–H groups in total. The lowest BCUT2D eigenvalue weighted by Gasteiger charge is -2.20. The van der Waals surface area contributed by atoms with Crippen molar-refractivity contribution in [3.63, 3.8) is 0 Å². The molecule has 0 amide bonds. The fraction of sp³-hybridized carbons (Fsp3) is 0.143. The highest BCUT2D eigenvalue weighted by Gasteiger charge is 2.28. The average Bonchev–Trinajstić information content (AvgIpc) is 2.96. The van der Waals surface area contributed by atoms with Crippen LogP contribution in [0.3, 0.4) is 0 Å². The average molecular weight is 347 g/mol. The second-order valence-electron chi connectivity index (χ2n) is 6.69. The van der Waals surface area contributed by atoms with Gasteiger partial charge < -0.3 is 0 Å². The lowest BCUT2D eigenvalue weighted by molar-refractivity contribution is 0.592. The Morgan fingerprint density at radius 2 is 1.52 bits per heavy atom. The third-order valence-corrected chi connectivity index (χ3v) is 6.23. The zero-order chi connectivity index (χ0) is 17.2. The quantitative estimate of drug-likeness (QED) is 0.513. The van der Waals surface area contributed by atoms with E-state index in [2.05, 4.69) is 24.3 Å². The molecule has 0 spiro atoms. The highest BCUT2D eigenvalue weighted by atomic mass is 32.2. The van der Waals surface area contributed by atoms with Crippen molar-refractivity contribution in [1.82, 2.24) is 3.97 Å². The molecule has 124 valence electrons. The van der Waals surface area contributed by atoms with Gasteiger partial charge in [0.1, 0.15) is 0 Å². The molecule has 0 radical (unpaired) electrons. The second-order valence-corrected chi connectivity index (χ2v) is 8.52. The van der Waals surface area contributed by atoms with Crippen LogP contribution >= 0.6 is 0 Å². The van der Waals surface area contributed by atoms with Crippen molar-refractivity contribution in [2.24, 2.45) is 0 Å². The minimum absolute atomic E-state index is 0.739. The standard InChI is InChI=1S/C21H17NO2S/c1-25(23,24)22-18-9-5-4-8-17(18)21-19(22)13-12-15-11-10-14-6-2-3-7-16(14)20(15)21/h2-11H,12-13H2,1H3. The molecule has 0 bridgehead atoms. The number of benzene rings is 3. The predicted octanol–water partition coefficient (Wildman–Crippen LogP) is 4.37. The van der Waals surface area contributed by atoms with Crippen LogP contribution in [0.2, 0.25) is 0 Å². The number of aromatic nitrogens is 1. The van der Waals surface area contributed by atoms with Gasteiger partial charge in [-0.3, -0.25) is 0 Å². The van der Waals surface area contributed by atoms with Gasteiger partial charge in [0.05, 0.1) is 11.8 Å². The summed E-state index contributed by atoms with van der Waals surface area (Å²) in [6.45, 7) is 0. The van der Waals surface area contributed by atoms with Crippen molar-refractivity contribution in [2.75, 3.05) is 6.26 Å². The summed E-state index contributed by atoms with van der Waals surface area (Å²) in [4.78, 5) is 0. The van der Waals surface area contributed by atoms with Crippen molar-refractivity contribution in [1.29, 1.82) is 0 Å². The van der Waals surface area contributed by atoms with E-state index in [0.717, 1.165) is 35.0 Å². The molecule has 1 aliphatic rings. The number of fused-ring (bicyclic) bond motifs is 7. The number of aryl methyl sites for hydroxylation is 1. The van der Waals surface area contributed by atoms with Crippen LogP contribution in [0.25, 0.3) is 32.8 Å². The Balaban J connectivity index is 2.03. The molecule has 5 rings (SSSR count). The van der Waals surface area contributed by atoms with Crippen molar-refractivity contribution in [2.45, 2.75) is 12.8 Å². The molecule has 4 aromatic rings. The third-order valence-electron chi connectivity index (χ3n) is 5.15. The van der Waals surface area contributed by atoms with Crippen LogP contribution in [-0.4, -0.2) is 18.6 Å². The molecule has 25 heavy (non-hydrogen) atoms. The summed E-state index contributed by atoms with van der Waals surface area (Å²) < 4.78 is 26.6. The van der Waals surface area contributed by atoms with E-state index < -0.39 is 10.0 Å². The van der Waals surface area contributed by atoms with Gasteiger partial charge in [0.25, 0.3) is 0 Å². The number of hydrogen-bond acceptors (Lipinski definition) is 2. The van der Waals surface area contributed by atoms with Crippen LogP contribution in [0.4, 0.5) is 0 Å². The first-order chi connectivity index (χ1) is 12.1. The summed E-state index contributed by atoms with van der Waals surface area (Å²) in [6.07, 6.45) is 2.89. The van der Waals surface area contributed by atoms with Crippen LogP contribution in [0.1, 0.15) is 11.3 Å². The topological polar surface area (TPSA) is 39.1 Å². The second kappa shape index (κ2) is 4.96. The Morgan fingerprint density at radius 3 is 2.32 bits per heavy atom. The number of para-hydroxylation sites is 1. The molecule has 0 unspecified atom stereocenters. The lowest BCUT2D eigenvalue weighted by Crippen LogP contribution is -2.16. The maximum Gasteiger partial charge on any atom is 0.236 e. The lowest BCUT2D eigenvalue weighted by atomic mass is 9.85. The zero-order valence-electron chi connectivity index (χ0n) is 13.9. The van der Waals surface area contributed by atoms with Crippen molar-refractivity contribution < 1.29 is 8.42 Å². The summed E-state index contributed by atoms with van der Waals surface area (Å²) in [6, 6.07) is 20.5. The molecule has 0 saturated carbocycles. The highest BCUT2D eigenvalue weighted by Crippen LogP contribution is 2.44. The minimum atomic E-state index is -3.37. The Hall–Kier alpha value is -2.59. The van der Waals surface area contributed by atoms with Crippen molar-refractivity contribution in [3.8, 4) is 11.1 Å². The van der Waals surface area contributed by atoms with Gasteiger partial charge in [-0.1, -0.05) is 54.6 Å². The van der Waals surface area contributed by atoms with Gasteiger partial charge in [-0.15, -0.1) is 0 Å². The molecule has 1 aromatic heterocycles. The first-order valence-corrected chi connectivity index (χ1v) is 10.2. The molecule has 0 fully saturated rings. The first kappa shape index (κ1) is 14.7. The number of rotatable bonds is 1. The molecule has 4 heteroatoms. The van der Waals surface area contributed by atoms with E-state index in [1.165, 1.54) is 28.2 Å². The highest BCUT2D eigenvalue weighted by molar-refractivity contribution is 7.89. The van der Waals surface area contributed by atoms with E-state index in [0.29, 0.717) is 0 Å². The molecule has 0 aliphatic heterocycles. The van der Waals surface area contributed by atoms with E-state index in [9.17, 15) is 8.42 Å². The summed E-state index contributed by atoms with van der Waals surface area (Å²) in [5.74, 6) is 0. The Labute approximate surface area is 146 Å². The molecular weight excluding hydrogens is 330 g/mol. The Kier molecular flexibility index (Phi) is 2.92. The third kappa shape index (κ3) is 2.01. The van der Waals surface area contributed by atoms with Gasteiger partial charge >= 0.3 is 0 Å². The smallest absolute Gasteiger partial charge is 0.236 e. The normalized spacial score (nSPS) is 13.8. The van der Waals surface area contributed by atoms with Crippen molar-refractivity contribution in [3.05, 3.63) is 71.9 Å². The SMILES string of the molecule is CS(=O)(=O)n1c2c(c3ccccc31)-c1c(ccc3ccccc13)CC2. The van der Waals surface area contributed by atoms with Gasteiger partial charge in [0.2, 0.25) is 10.0 Å². The number of hydrogen-bond donors (Lipinski definition) is 0. The summed E-state index contributed by atoms with van der Waals surface area (Å²) >= 11 is 0. The van der Waals surface area contributed by atoms with Crippen molar-refractivity contribution >= 4 is 31.7 Å². The van der Waals surface area contributed by atoms with Gasteiger partial charge in [-0.2, -0.15) is 0 Å². The molecular formula is C21H17NO2S. The molecule has 1 heterocycles.